The molecular formula is H10CaNO5P. The fourth-order valence-electron chi connectivity index (χ4n) is 0. The van der Waals surface area contributed by atoms with Gasteiger partial charge in [0.25, 0.3) is 0 Å². The standard InChI is InChI=1S/Ca.H3N.H3O4P.H2O.2H/c;;1-5(2,3)4;;;/h;1H3;(H3,1,2,3,4);1H2;;/q+2;;;;2*-1. The first-order valence-electron chi connectivity index (χ1n) is 0.783. The van der Waals surface area contributed by atoms with Gasteiger partial charge in [0.2, 0.25) is 0 Å². The Balaban J connectivity index is -0.00000000800. The minimum Gasteiger partial charge on any atom is -1.00 e. The van der Waals surface area contributed by atoms with Crippen molar-refractivity contribution < 1.29 is 27.6 Å². The Hall–Kier alpha value is 1.29. The van der Waals surface area contributed by atoms with Crippen LogP contribution >= 0.6 is 7.82 Å². The molecule has 8 heavy (non-hydrogen) atoms. The van der Waals surface area contributed by atoms with Gasteiger partial charge in [-0.1, -0.05) is 0 Å². The Morgan fingerprint density at radius 3 is 1.25 bits per heavy atom. The van der Waals surface area contributed by atoms with Crippen molar-refractivity contribution in [1.82, 2.24) is 6.15 Å². The second-order valence-electron chi connectivity index (χ2n) is 0.513. The average Bonchev–Trinajstić information content (AvgIpc) is 0.722. The molecule has 0 aliphatic carbocycles. The van der Waals surface area contributed by atoms with Crippen LogP contribution in [0.15, 0.2) is 0 Å². The van der Waals surface area contributed by atoms with Crippen molar-refractivity contribution in [3.05, 3.63) is 0 Å². The van der Waals surface area contributed by atoms with E-state index in [0.29, 0.717) is 0 Å². The molecule has 0 heterocycles. The van der Waals surface area contributed by atoms with Gasteiger partial charge in [0.15, 0.2) is 0 Å². The van der Waals surface area contributed by atoms with Crippen molar-refractivity contribution in [3.8, 4) is 0 Å². The summed E-state index contributed by atoms with van der Waals surface area (Å²) in [5.74, 6) is 0. The maximum atomic E-state index is 8.88. The van der Waals surface area contributed by atoms with E-state index in [1.807, 2.05) is 0 Å². The van der Waals surface area contributed by atoms with Crippen molar-refractivity contribution >= 4 is 45.6 Å². The maximum Gasteiger partial charge on any atom is 2.00 e. The van der Waals surface area contributed by atoms with Gasteiger partial charge in [-0.15, -0.1) is 0 Å². The van der Waals surface area contributed by atoms with Crippen molar-refractivity contribution in [3.63, 3.8) is 0 Å². The molecule has 0 aliphatic heterocycles. The Morgan fingerprint density at radius 2 is 1.25 bits per heavy atom. The van der Waals surface area contributed by atoms with E-state index < -0.39 is 7.82 Å². The van der Waals surface area contributed by atoms with E-state index in [2.05, 4.69) is 0 Å². The van der Waals surface area contributed by atoms with Crippen LogP contribution in [0.25, 0.3) is 0 Å². The summed E-state index contributed by atoms with van der Waals surface area (Å²) in [6.07, 6.45) is 0. The molecule has 0 spiro atoms. The van der Waals surface area contributed by atoms with Crippen LogP contribution < -0.4 is 6.15 Å². The first kappa shape index (κ1) is 22.8. The third-order valence-electron chi connectivity index (χ3n) is 0. The Labute approximate surface area is 79.0 Å². The molecule has 52 valence electrons. The van der Waals surface area contributed by atoms with E-state index in [-0.39, 0.29) is 52.2 Å². The van der Waals surface area contributed by atoms with Crippen LogP contribution in [-0.2, 0) is 4.57 Å². The molecule has 0 bridgehead atoms. The molecule has 0 unspecified atom stereocenters. The first-order chi connectivity index (χ1) is 2.00. The van der Waals surface area contributed by atoms with Gasteiger partial charge in [-0.25, -0.2) is 4.57 Å². The van der Waals surface area contributed by atoms with E-state index in [9.17, 15) is 0 Å². The predicted molar refractivity (Wildman–Crippen MR) is 30.9 cm³/mol. The summed E-state index contributed by atoms with van der Waals surface area (Å²) >= 11 is 0. The monoisotopic (exact) mass is 175 g/mol. The largest absolute Gasteiger partial charge is 2.00 e. The zero-order chi connectivity index (χ0) is 4.50. The minimum absolute atomic E-state index is 0. The summed E-state index contributed by atoms with van der Waals surface area (Å²) in [6.45, 7) is 0. The van der Waals surface area contributed by atoms with E-state index in [0.717, 1.165) is 0 Å². The summed E-state index contributed by atoms with van der Waals surface area (Å²) in [7, 11) is -4.64. The molecule has 0 rings (SSSR count). The Kier molecular flexibility index (Phi) is 23.6. The fourth-order valence-corrected chi connectivity index (χ4v) is 0. The van der Waals surface area contributed by atoms with E-state index in [1.165, 1.54) is 0 Å². The van der Waals surface area contributed by atoms with Gasteiger partial charge in [-0.2, -0.15) is 0 Å². The Bertz CT molecular complexity index is 65.8. The van der Waals surface area contributed by atoms with Gasteiger partial charge >= 0.3 is 45.6 Å². The van der Waals surface area contributed by atoms with Gasteiger partial charge in [0.05, 0.1) is 0 Å². The number of phosphoric acid groups is 1. The molecule has 0 fully saturated rings. The summed E-state index contributed by atoms with van der Waals surface area (Å²) < 4.78 is 8.88. The van der Waals surface area contributed by atoms with Crippen molar-refractivity contribution in [1.29, 1.82) is 0 Å². The molecule has 8 N–H and O–H groups in total. The van der Waals surface area contributed by atoms with Crippen LogP contribution in [0.2, 0.25) is 0 Å². The zero-order valence-electron chi connectivity index (χ0n) is 6.11. The van der Waals surface area contributed by atoms with Crippen LogP contribution in [-0.4, -0.2) is 57.9 Å². The van der Waals surface area contributed by atoms with Gasteiger partial charge in [0, 0.05) is 0 Å². The molecular weight excluding hydrogens is 165 g/mol. The summed E-state index contributed by atoms with van der Waals surface area (Å²) in [4.78, 5) is 21.6. The zero-order valence-corrected chi connectivity index (χ0v) is 7.21. The molecule has 0 aromatic carbocycles. The smallest absolute Gasteiger partial charge is 1.00 e. The van der Waals surface area contributed by atoms with Crippen LogP contribution in [0.4, 0.5) is 0 Å². The van der Waals surface area contributed by atoms with Gasteiger partial charge in [0.1, 0.15) is 0 Å². The van der Waals surface area contributed by atoms with Crippen LogP contribution in [0.5, 0.6) is 0 Å². The molecule has 6 nitrogen and oxygen atoms in total. The quantitative estimate of drug-likeness (QED) is 0.255. The molecule has 0 saturated carbocycles. The van der Waals surface area contributed by atoms with Crippen molar-refractivity contribution in [2.45, 2.75) is 0 Å². The third kappa shape index (κ3) is 173. The number of hydrogen-bond acceptors (Lipinski definition) is 2. The van der Waals surface area contributed by atoms with Crippen LogP contribution in [0, 0.1) is 0 Å². The second kappa shape index (κ2) is 8.29. The van der Waals surface area contributed by atoms with Gasteiger partial charge in [-0.3, -0.25) is 0 Å². The normalized spacial score (nSPS) is 7.38. The SMILES string of the molecule is N.O.O=P(O)(O)O.[Ca+2].[H-].[H-]. The molecule has 0 radical (unpaired) electrons. The molecule has 0 aliphatic rings. The average molecular weight is 175 g/mol. The van der Waals surface area contributed by atoms with Crippen LogP contribution in [0.3, 0.4) is 0 Å². The first-order valence-corrected chi connectivity index (χ1v) is 2.35. The van der Waals surface area contributed by atoms with Crippen LogP contribution in [0.1, 0.15) is 2.85 Å². The fraction of sp³-hybridized carbons (Fsp3) is 0. The van der Waals surface area contributed by atoms with Crippen molar-refractivity contribution in [2.24, 2.45) is 0 Å². The van der Waals surface area contributed by atoms with E-state index >= 15 is 0 Å². The molecule has 8 heteroatoms. The molecule has 0 amide bonds. The number of rotatable bonds is 0. The van der Waals surface area contributed by atoms with E-state index in [1.54, 1.807) is 0 Å². The third-order valence-corrected chi connectivity index (χ3v) is 0. The van der Waals surface area contributed by atoms with Crippen molar-refractivity contribution in [2.75, 3.05) is 0 Å². The summed E-state index contributed by atoms with van der Waals surface area (Å²) in [5.41, 5.74) is 0. The topological polar surface area (TPSA) is 144 Å². The predicted octanol–water partition coefficient (Wildman–Crippen LogP) is -1.75. The van der Waals surface area contributed by atoms with Gasteiger partial charge in [-0.05, 0) is 0 Å². The summed E-state index contributed by atoms with van der Waals surface area (Å²) in [5, 5.41) is 0. The molecule has 0 saturated heterocycles. The minimum atomic E-state index is -4.64. The van der Waals surface area contributed by atoms with E-state index in [4.69, 9.17) is 19.2 Å². The molecule has 0 atom stereocenters. The summed E-state index contributed by atoms with van der Waals surface area (Å²) in [6, 6.07) is 0. The maximum absolute atomic E-state index is 8.88. The Morgan fingerprint density at radius 1 is 1.25 bits per heavy atom. The molecule has 0 aromatic heterocycles. The second-order valence-corrected chi connectivity index (χ2v) is 1.54. The molecule has 0 aromatic rings. The number of hydrogen-bond donors (Lipinski definition) is 4. The van der Waals surface area contributed by atoms with Gasteiger partial charge < -0.3 is 29.2 Å².